The number of hydrogen-bond donors (Lipinski definition) is 1. The normalized spacial score (nSPS) is 24.9. The molecule has 0 saturated heterocycles. The smallest absolute Gasteiger partial charge is 0.323 e. The van der Waals surface area contributed by atoms with Crippen molar-refractivity contribution < 1.29 is 24.2 Å². The molecule has 0 aromatic heterocycles. The molecule has 0 aliphatic carbocycles. The van der Waals surface area contributed by atoms with Crippen LogP contribution in [-0.2, 0) is 19.1 Å². The van der Waals surface area contributed by atoms with Gasteiger partial charge < -0.3 is 19.5 Å². The number of carboxylic acids is 1. The summed E-state index contributed by atoms with van der Waals surface area (Å²) in [6, 6.07) is -0.872. The van der Waals surface area contributed by atoms with Crippen LogP contribution in [0.4, 0.5) is 0 Å². The zero-order valence-electron chi connectivity index (χ0n) is 11.2. The molecule has 1 aliphatic heterocycles. The highest BCUT2D eigenvalue weighted by Crippen LogP contribution is 2.27. The van der Waals surface area contributed by atoms with Gasteiger partial charge in [0.1, 0.15) is 25.0 Å². The summed E-state index contributed by atoms with van der Waals surface area (Å²) in [5.74, 6) is -1.06. The first kappa shape index (κ1) is 16.8. The van der Waals surface area contributed by atoms with Crippen molar-refractivity contribution in [3.63, 3.8) is 0 Å². The van der Waals surface area contributed by atoms with Gasteiger partial charge in [-0.3, -0.25) is 14.5 Å². The lowest BCUT2D eigenvalue weighted by Crippen LogP contribution is -2.60. The lowest BCUT2D eigenvalue weighted by Gasteiger charge is -2.45. The number of aliphatic carboxylic acids is 1. The Bertz CT molecular complexity index is 415. The topological polar surface area (TPSA) is 87.2 Å². The van der Waals surface area contributed by atoms with E-state index in [4.69, 9.17) is 9.84 Å². The second-order valence-electron chi connectivity index (χ2n) is 4.46. The monoisotopic (exact) mass is 348 g/mol. The van der Waals surface area contributed by atoms with Crippen molar-refractivity contribution >= 4 is 34.5 Å². The zero-order valence-corrected chi connectivity index (χ0v) is 12.8. The Morgan fingerprint density at radius 1 is 1.55 bits per heavy atom. The molecule has 3 atom stereocenters. The van der Waals surface area contributed by atoms with E-state index in [1.54, 1.807) is 11.8 Å². The van der Waals surface area contributed by atoms with Crippen LogP contribution in [0.3, 0.4) is 0 Å². The van der Waals surface area contributed by atoms with Crippen LogP contribution in [0.5, 0.6) is 0 Å². The van der Waals surface area contributed by atoms with Crippen LogP contribution in [-0.4, -0.2) is 72.0 Å². The molecule has 0 bridgehead atoms. The molecular weight excluding hydrogens is 332 g/mol. The van der Waals surface area contributed by atoms with Crippen molar-refractivity contribution in [2.45, 2.75) is 25.2 Å². The predicted octanol–water partition coefficient (Wildman–Crippen LogP) is 0.0523. The van der Waals surface area contributed by atoms with E-state index in [-0.39, 0.29) is 12.6 Å². The SMILES string of the molecule is COC[C@H](C)N1C(C=O)C(Br)=CN(CC(=O)O)C1C=O. The summed E-state index contributed by atoms with van der Waals surface area (Å²) in [4.78, 5) is 36.5. The highest BCUT2D eigenvalue weighted by atomic mass is 79.9. The molecule has 0 amide bonds. The zero-order chi connectivity index (χ0) is 15.3. The summed E-state index contributed by atoms with van der Waals surface area (Å²) >= 11 is 3.26. The molecule has 2 unspecified atom stereocenters. The molecular formula is C12H17BrN2O5. The number of carbonyl (C=O) groups excluding carboxylic acids is 2. The van der Waals surface area contributed by atoms with Crippen LogP contribution in [0.15, 0.2) is 10.7 Å². The van der Waals surface area contributed by atoms with Crippen molar-refractivity contribution in [1.29, 1.82) is 0 Å². The standard InChI is InChI=1S/C12H17BrN2O5/c1-8(7-20-2)15-10(5-16)9(13)3-14(4-12(18)19)11(15)6-17/h3,5-6,8,10-11H,4,7H2,1-2H3,(H,18,19)/t8-,10?,11?/m0/s1. The minimum Gasteiger partial charge on any atom is -0.480 e. The van der Waals surface area contributed by atoms with Gasteiger partial charge in [0, 0.05) is 23.8 Å². The number of hydrogen-bond acceptors (Lipinski definition) is 6. The van der Waals surface area contributed by atoms with Gasteiger partial charge in [-0.15, -0.1) is 0 Å². The van der Waals surface area contributed by atoms with Gasteiger partial charge in [0.05, 0.1) is 6.61 Å². The van der Waals surface area contributed by atoms with Crippen molar-refractivity contribution in [2.24, 2.45) is 0 Å². The van der Waals surface area contributed by atoms with Gasteiger partial charge >= 0.3 is 5.97 Å². The van der Waals surface area contributed by atoms with Crippen LogP contribution in [0.25, 0.3) is 0 Å². The molecule has 0 saturated carbocycles. The van der Waals surface area contributed by atoms with Crippen LogP contribution in [0.2, 0.25) is 0 Å². The number of rotatable bonds is 7. The van der Waals surface area contributed by atoms with Gasteiger partial charge in [0.2, 0.25) is 0 Å². The number of methoxy groups -OCH3 is 1. The van der Waals surface area contributed by atoms with Gasteiger partial charge in [-0.1, -0.05) is 15.9 Å². The minimum absolute atomic E-state index is 0.233. The molecule has 1 N–H and O–H groups in total. The van der Waals surface area contributed by atoms with Gasteiger partial charge in [-0.05, 0) is 6.92 Å². The predicted molar refractivity (Wildman–Crippen MR) is 74.2 cm³/mol. The number of ether oxygens (including phenoxy) is 1. The average Bonchev–Trinajstić information content (AvgIpc) is 2.37. The van der Waals surface area contributed by atoms with Crippen molar-refractivity contribution in [3.8, 4) is 0 Å². The second kappa shape index (κ2) is 7.51. The summed E-state index contributed by atoms with van der Waals surface area (Å²) < 4.78 is 5.56. The van der Waals surface area contributed by atoms with E-state index in [2.05, 4.69) is 15.9 Å². The largest absolute Gasteiger partial charge is 0.480 e. The Morgan fingerprint density at radius 3 is 2.65 bits per heavy atom. The van der Waals surface area contributed by atoms with E-state index < -0.39 is 18.2 Å². The maximum Gasteiger partial charge on any atom is 0.323 e. The quantitative estimate of drug-likeness (QED) is 0.650. The van der Waals surface area contributed by atoms with Gasteiger partial charge in [0.15, 0.2) is 6.29 Å². The number of nitrogens with zero attached hydrogens (tertiary/aromatic N) is 2. The fourth-order valence-electron chi connectivity index (χ4n) is 2.23. The fraction of sp³-hybridized carbons (Fsp3) is 0.583. The molecule has 20 heavy (non-hydrogen) atoms. The molecule has 0 spiro atoms. The van der Waals surface area contributed by atoms with Crippen molar-refractivity contribution in [3.05, 3.63) is 10.7 Å². The van der Waals surface area contributed by atoms with Gasteiger partial charge in [0.25, 0.3) is 0 Å². The lowest BCUT2D eigenvalue weighted by atomic mass is 10.1. The van der Waals surface area contributed by atoms with Crippen molar-refractivity contribution in [1.82, 2.24) is 9.80 Å². The van der Waals surface area contributed by atoms with Crippen LogP contribution < -0.4 is 0 Å². The first-order chi connectivity index (χ1) is 9.46. The third kappa shape index (κ3) is 3.65. The number of halogens is 1. The second-order valence-corrected chi connectivity index (χ2v) is 5.38. The molecule has 112 valence electrons. The van der Waals surface area contributed by atoms with E-state index in [0.717, 1.165) is 0 Å². The molecule has 1 heterocycles. The molecule has 8 heteroatoms. The molecule has 1 aliphatic rings. The molecule has 1 rings (SSSR count). The Labute approximate surface area is 125 Å². The van der Waals surface area contributed by atoms with Crippen molar-refractivity contribution in [2.75, 3.05) is 20.3 Å². The van der Waals surface area contributed by atoms with Crippen LogP contribution in [0.1, 0.15) is 6.92 Å². The third-order valence-corrected chi connectivity index (χ3v) is 3.70. The minimum atomic E-state index is -1.06. The molecule has 0 aromatic carbocycles. The maximum absolute atomic E-state index is 11.4. The summed E-state index contributed by atoms with van der Waals surface area (Å²) in [6.07, 6.45) is 1.98. The summed E-state index contributed by atoms with van der Waals surface area (Å²) in [6.45, 7) is 1.79. The maximum atomic E-state index is 11.4. The first-order valence-electron chi connectivity index (χ1n) is 5.98. The number of carbonyl (C=O) groups is 3. The van der Waals surface area contributed by atoms with E-state index >= 15 is 0 Å². The van der Waals surface area contributed by atoms with E-state index in [1.165, 1.54) is 18.2 Å². The third-order valence-electron chi connectivity index (χ3n) is 3.02. The van der Waals surface area contributed by atoms with E-state index in [1.807, 2.05) is 0 Å². The molecule has 0 aromatic rings. The molecule has 7 nitrogen and oxygen atoms in total. The summed E-state index contributed by atoms with van der Waals surface area (Å²) in [5, 5.41) is 8.90. The van der Waals surface area contributed by atoms with Gasteiger partial charge in [-0.25, -0.2) is 0 Å². The van der Waals surface area contributed by atoms with Gasteiger partial charge in [-0.2, -0.15) is 0 Å². The van der Waals surface area contributed by atoms with E-state index in [9.17, 15) is 14.4 Å². The molecule has 0 radical (unpaired) electrons. The van der Waals surface area contributed by atoms with Crippen LogP contribution >= 0.6 is 15.9 Å². The Kier molecular flexibility index (Phi) is 6.31. The van der Waals surface area contributed by atoms with Crippen LogP contribution in [0, 0.1) is 0 Å². The summed E-state index contributed by atoms with van der Waals surface area (Å²) in [7, 11) is 1.52. The number of carboxylic acid groups (broad SMARTS) is 1. The highest BCUT2D eigenvalue weighted by Gasteiger charge is 2.38. The Balaban J connectivity index is 3.14. The number of aldehydes is 2. The molecule has 0 fully saturated rings. The fourth-order valence-corrected chi connectivity index (χ4v) is 2.84. The van der Waals surface area contributed by atoms with E-state index in [0.29, 0.717) is 23.7 Å². The Morgan fingerprint density at radius 2 is 2.20 bits per heavy atom. The average molecular weight is 349 g/mol. The summed E-state index contributed by atoms with van der Waals surface area (Å²) in [5.41, 5.74) is 0. The highest BCUT2D eigenvalue weighted by molar-refractivity contribution is 9.11. The Hall–Kier alpha value is -1.25. The first-order valence-corrected chi connectivity index (χ1v) is 6.77. The lowest BCUT2D eigenvalue weighted by molar-refractivity contribution is -0.141.